The topological polar surface area (TPSA) is 30.0 Å². The summed E-state index contributed by atoms with van der Waals surface area (Å²) in [6.45, 7) is 2.01. The molecule has 2 nitrogen and oxygen atoms in total. The summed E-state index contributed by atoms with van der Waals surface area (Å²) in [5.74, 6) is 0.187. The number of pyridine rings is 1. The van der Waals surface area contributed by atoms with Crippen molar-refractivity contribution in [2.24, 2.45) is 0 Å². The Balaban J connectivity index is 2.26. The normalized spacial score (nSPS) is 21.9. The monoisotopic (exact) mass is 187 g/mol. The highest BCUT2D eigenvalue weighted by molar-refractivity contribution is 5.96. The van der Waals surface area contributed by atoms with Crippen molar-refractivity contribution in [1.82, 2.24) is 4.98 Å². The minimum atomic E-state index is -0.0140. The van der Waals surface area contributed by atoms with E-state index in [-0.39, 0.29) is 11.7 Å². The zero-order valence-electron chi connectivity index (χ0n) is 8.23. The fourth-order valence-electron chi connectivity index (χ4n) is 1.81. The molecule has 2 rings (SSSR count). The smallest absolute Gasteiger partial charge is 0.164 e. The van der Waals surface area contributed by atoms with Crippen LogP contribution >= 0.6 is 0 Å². The van der Waals surface area contributed by atoms with Crippen LogP contribution in [-0.4, -0.2) is 10.8 Å². The Morgan fingerprint density at radius 2 is 2.29 bits per heavy atom. The van der Waals surface area contributed by atoms with E-state index in [0.717, 1.165) is 18.5 Å². The maximum absolute atomic E-state index is 11.7. The molecule has 0 saturated carbocycles. The average Bonchev–Trinajstić information content (AvgIpc) is 2.19. The molecular weight excluding hydrogens is 174 g/mol. The first-order chi connectivity index (χ1) is 6.77. The molecule has 1 aromatic heterocycles. The van der Waals surface area contributed by atoms with Crippen LogP contribution in [0.25, 0.3) is 0 Å². The summed E-state index contributed by atoms with van der Waals surface area (Å²) >= 11 is 0. The van der Waals surface area contributed by atoms with Crippen LogP contribution in [0.3, 0.4) is 0 Å². The summed E-state index contributed by atoms with van der Waals surface area (Å²) in [4.78, 5) is 15.9. The summed E-state index contributed by atoms with van der Waals surface area (Å²) in [6.07, 6.45) is 5.40. The van der Waals surface area contributed by atoms with Gasteiger partial charge in [0.15, 0.2) is 5.78 Å². The third kappa shape index (κ3) is 1.74. The van der Waals surface area contributed by atoms with Gasteiger partial charge in [-0.1, -0.05) is 11.6 Å². The predicted molar refractivity (Wildman–Crippen MR) is 55.0 cm³/mol. The van der Waals surface area contributed by atoms with Gasteiger partial charge in [0.2, 0.25) is 0 Å². The third-order valence-corrected chi connectivity index (χ3v) is 2.60. The Bertz CT molecular complexity index is 367. The number of allylic oxidation sites excluding steroid dienone is 2. The summed E-state index contributed by atoms with van der Waals surface area (Å²) in [6, 6.07) is 5.73. The van der Waals surface area contributed by atoms with Gasteiger partial charge in [0.05, 0.1) is 11.6 Å². The molecule has 1 heterocycles. The van der Waals surface area contributed by atoms with E-state index < -0.39 is 0 Å². The molecule has 1 aliphatic carbocycles. The molecule has 1 aliphatic rings. The van der Waals surface area contributed by atoms with Crippen LogP contribution in [0.5, 0.6) is 0 Å². The molecule has 0 fully saturated rings. The van der Waals surface area contributed by atoms with Crippen molar-refractivity contribution in [2.75, 3.05) is 0 Å². The van der Waals surface area contributed by atoms with E-state index in [1.165, 1.54) is 5.57 Å². The number of carbonyl (C=O) groups excluding carboxylic acids is 1. The number of carbonyl (C=O) groups is 1. The highest BCUT2D eigenvalue weighted by Gasteiger charge is 2.23. The van der Waals surface area contributed by atoms with Gasteiger partial charge in [-0.15, -0.1) is 0 Å². The molecule has 72 valence electrons. The first-order valence-corrected chi connectivity index (χ1v) is 4.89. The molecule has 1 unspecified atom stereocenters. The number of nitrogens with zero attached hydrogens (tertiary/aromatic N) is 1. The van der Waals surface area contributed by atoms with Crippen LogP contribution in [0.15, 0.2) is 36.0 Å². The fourth-order valence-corrected chi connectivity index (χ4v) is 1.81. The lowest BCUT2D eigenvalue weighted by Gasteiger charge is -2.18. The van der Waals surface area contributed by atoms with Crippen LogP contribution in [-0.2, 0) is 4.79 Å². The molecule has 0 aromatic carbocycles. The van der Waals surface area contributed by atoms with E-state index >= 15 is 0 Å². The molecule has 2 heteroatoms. The Kier molecular flexibility index (Phi) is 2.44. The molecule has 14 heavy (non-hydrogen) atoms. The van der Waals surface area contributed by atoms with Crippen molar-refractivity contribution in [3.05, 3.63) is 41.7 Å². The lowest BCUT2D eigenvalue weighted by Crippen LogP contribution is -2.15. The van der Waals surface area contributed by atoms with Crippen molar-refractivity contribution in [3.8, 4) is 0 Å². The van der Waals surface area contributed by atoms with Crippen LogP contribution in [0, 0.1) is 0 Å². The predicted octanol–water partition coefficient (Wildman–Crippen LogP) is 2.47. The molecule has 1 aromatic rings. The first-order valence-electron chi connectivity index (χ1n) is 4.89. The number of rotatable bonds is 1. The number of ketones is 1. The number of hydrogen-bond donors (Lipinski definition) is 0. The maximum Gasteiger partial charge on any atom is 0.164 e. The van der Waals surface area contributed by atoms with Crippen molar-refractivity contribution >= 4 is 5.78 Å². The van der Waals surface area contributed by atoms with E-state index in [4.69, 9.17) is 0 Å². The lowest BCUT2D eigenvalue weighted by atomic mass is 9.86. The molecule has 0 bridgehead atoms. The van der Waals surface area contributed by atoms with Gasteiger partial charge in [-0.25, -0.2) is 0 Å². The van der Waals surface area contributed by atoms with Crippen LogP contribution in [0.4, 0.5) is 0 Å². The minimum absolute atomic E-state index is 0.0140. The van der Waals surface area contributed by atoms with Gasteiger partial charge in [-0.2, -0.15) is 0 Å². The molecule has 0 spiro atoms. The van der Waals surface area contributed by atoms with Gasteiger partial charge in [0, 0.05) is 6.20 Å². The second-order valence-corrected chi connectivity index (χ2v) is 3.74. The zero-order valence-corrected chi connectivity index (χ0v) is 8.23. The Labute approximate surface area is 83.7 Å². The van der Waals surface area contributed by atoms with Crippen molar-refractivity contribution in [3.63, 3.8) is 0 Å². The molecule has 0 radical (unpaired) electrons. The Morgan fingerprint density at radius 1 is 1.43 bits per heavy atom. The van der Waals surface area contributed by atoms with E-state index in [0.29, 0.717) is 0 Å². The molecule has 0 saturated heterocycles. The van der Waals surface area contributed by atoms with Gasteiger partial charge in [0.25, 0.3) is 0 Å². The SMILES string of the molecule is CC1=CC(=O)C(c2ccccn2)CC1. The Hall–Kier alpha value is -1.44. The quantitative estimate of drug-likeness (QED) is 0.676. The van der Waals surface area contributed by atoms with E-state index in [1.807, 2.05) is 25.1 Å². The lowest BCUT2D eigenvalue weighted by molar-refractivity contribution is -0.116. The molecule has 1 atom stereocenters. The maximum atomic E-state index is 11.7. The highest BCUT2D eigenvalue weighted by Crippen LogP contribution is 2.27. The zero-order chi connectivity index (χ0) is 9.97. The van der Waals surface area contributed by atoms with Gasteiger partial charge in [0.1, 0.15) is 0 Å². The van der Waals surface area contributed by atoms with Gasteiger partial charge in [-0.05, 0) is 38.0 Å². The summed E-state index contributed by atoms with van der Waals surface area (Å²) in [7, 11) is 0. The van der Waals surface area contributed by atoms with Crippen LogP contribution < -0.4 is 0 Å². The molecular formula is C12H13NO. The van der Waals surface area contributed by atoms with Crippen molar-refractivity contribution in [1.29, 1.82) is 0 Å². The van der Waals surface area contributed by atoms with E-state index in [2.05, 4.69) is 4.98 Å². The fraction of sp³-hybridized carbons (Fsp3) is 0.333. The standard InChI is InChI=1S/C12H13NO/c1-9-5-6-10(12(14)8-9)11-4-2-3-7-13-11/h2-4,7-8,10H,5-6H2,1H3. The molecule has 0 aliphatic heterocycles. The van der Waals surface area contributed by atoms with Crippen molar-refractivity contribution in [2.45, 2.75) is 25.7 Å². The van der Waals surface area contributed by atoms with Crippen LogP contribution in [0.1, 0.15) is 31.4 Å². The van der Waals surface area contributed by atoms with Crippen molar-refractivity contribution < 1.29 is 4.79 Å². The Morgan fingerprint density at radius 3 is 2.93 bits per heavy atom. The number of aromatic nitrogens is 1. The minimum Gasteiger partial charge on any atom is -0.294 e. The average molecular weight is 187 g/mol. The summed E-state index contributed by atoms with van der Waals surface area (Å²) in [5, 5.41) is 0. The van der Waals surface area contributed by atoms with Crippen LogP contribution in [0.2, 0.25) is 0 Å². The second-order valence-electron chi connectivity index (χ2n) is 3.74. The van der Waals surface area contributed by atoms with E-state index in [9.17, 15) is 4.79 Å². The summed E-state index contributed by atoms with van der Waals surface area (Å²) in [5.41, 5.74) is 2.09. The van der Waals surface area contributed by atoms with Gasteiger partial charge < -0.3 is 0 Å². The van der Waals surface area contributed by atoms with E-state index in [1.54, 1.807) is 12.3 Å². The first kappa shape index (κ1) is 9.13. The largest absolute Gasteiger partial charge is 0.294 e. The third-order valence-electron chi connectivity index (χ3n) is 2.60. The van der Waals surface area contributed by atoms with Gasteiger partial charge >= 0.3 is 0 Å². The molecule has 0 amide bonds. The summed E-state index contributed by atoms with van der Waals surface area (Å²) < 4.78 is 0. The van der Waals surface area contributed by atoms with Gasteiger partial charge in [-0.3, -0.25) is 9.78 Å². The second kappa shape index (κ2) is 3.74. The molecule has 0 N–H and O–H groups in total. The number of hydrogen-bond acceptors (Lipinski definition) is 2. The highest BCUT2D eigenvalue weighted by atomic mass is 16.1.